The van der Waals surface area contributed by atoms with Gasteiger partial charge in [-0.2, -0.15) is 9.97 Å². The van der Waals surface area contributed by atoms with E-state index in [9.17, 15) is 33.1 Å². The van der Waals surface area contributed by atoms with Crippen LogP contribution in [0.5, 0.6) is 11.5 Å². The zero-order valence-corrected chi connectivity index (χ0v) is 41.1. The number of fused-ring (bicyclic) bond motifs is 2. The molecule has 9 rings (SSSR count). The van der Waals surface area contributed by atoms with Crippen LogP contribution in [0.15, 0.2) is 141 Å². The third kappa shape index (κ3) is 12.2. The van der Waals surface area contributed by atoms with E-state index in [1.165, 1.54) is 30.3 Å². The van der Waals surface area contributed by atoms with Crippen LogP contribution in [-0.2, 0) is 32.5 Å². The average Bonchev–Trinajstić information content (AvgIpc) is 3.34. The highest BCUT2D eigenvalue weighted by atomic mass is 79.9. The number of nitrogens with zero attached hydrogens (tertiary/aromatic N) is 6. The second-order valence-corrected chi connectivity index (χ2v) is 18.2. The molecule has 0 saturated heterocycles. The number of carbonyl (C=O) groups excluding carboxylic acids is 2. The highest BCUT2D eigenvalue weighted by Gasteiger charge is 2.34. The maximum Gasteiger partial charge on any atom is 0.488 e. The summed E-state index contributed by atoms with van der Waals surface area (Å²) in [5.74, 6) is -1.01. The third-order valence-electron chi connectivity index (χ3n) is 11.9. The van der Waals surface area contributed by atoms with E-state index in [1.54, 1.807) is 20.4 Å². The highest BCUT2D eigenvalue weighted by Crippen LogP contribution is 2.29. The molecular formula is C53H52BBrF2N6O8. The average molecular weight is 1030 g/mol. The highest BCUT2D eigenvalue weighted by molar-refractivity contribution is 9.10. The van der Waals surface area contributed by atoms with Crippen molar-refractivity contribution in [2.24, 2.45) is 0 Å². The maximum absolute atomic E-state index is 13.8. The number of hydrogen-bond donors (Lipinski definition) is 3. The van der Waals surface area contributed by atoms with Crippen LogP contribution in [0.2, 0.25) is 0 Å². The van der Waals surface area contributed by atoms with Crippen molar-refractivity contribution in [3.63, 3.8) is 0 Å². The second-order valence-electron chi connectivity index (χ2n) is 17.3. The Morgan fingerprint density at radius 1 is 0.634 bits per heavy atom. The molecule has 0 aliphatic carbocycles. The Bertz CT molecular complexity index is 3170. The molecule has 5 aromatic carbocycles. The van der Waals surface area contributed by atoms with E-state index in [0.717, 1.165) is 32.8 Å². The molecule has 2 amide bonds. The maximum atomic E-state index is 13.8. The molecule has 3 N–H and O–H groups in total. The first kappa shape index (κ1) is 51.6. The normalized spacial score (nSPS) is 12.9. The van der Waals surface area contributed by atoms with Crippen LogP contribution in [0, 0.1) is 11.6 Å². The Hall–Kier alpha value is -7.28. The molecular weight excluding hydrogens is 977 g/mol. The number of halogens is 3. The van der Waals surface area contributed by atoms with Crippen LogP contribution in [-0.4, -0.2) is 88.2 Å². The number of ether oxygens (including phenoxy) is 1. The third-order valence-corrected chi connectivity index (χ3v) is 12.7. The molecule has 0 spiro atoms. The Kier molecular flexibility index (Phi) is 16.8. The van der Waals surface area contributed by atoms with Gasteiger partial charge in [0.1, 0.15) is 29.9 Å². The number of aromatic hydroxyl groups is 1. The Morgan fingerprint density at radius 3 is 1.76 bits per heavy atom. The standard InChI is InChI=1S/C24H24BrN3O3.C23H22FN3O3.C6H6BFO2/c1-16(2)27-12-13-28-20(14-18-10-6-7-11-19(18)25)26-23(29)22(21(28)24(27)30)31-15-17-8-4-3-5-9-17;1-14(2)26-10-11-27-19(25-22(29)21(28)20(27)23(26)30)13-16-6-3-4-9-18(16)15-7-5-8-17(24)12-15;8-6-3-1-2-5(4-6)7(9)10/h3-11,16H,12-15H2,1-2H3;3-9,12,14,28H,10-11,13H2,1-2H3;1-4,9-10H. The van der Waals surface area contributed by atoms with Crippen molar-refractivity contribution in [1.82, 2.24) is 28.9 Å². The van der Waals surface area contributed by atoms with Crippen LogP contribution in [0.3, 0.4) is 0 Å². The molecule has 0 atom stereocenters. The fourth-order valence-corrected chi connectivity index (χ4v) is 8.77. The van der Waals surface area contributed by atoms with Gasteiger partial charge in [0.2, 0.25) is 11.5 Å². The van der Waals surface area contributed by atoms with Crippen molar-refractivity contribution in [2.45, 2.75) is 72.3 Å². The summed E-state index contributed by atoms with van der Waals surface area (Å²) in [5, 5.41) is 27.4. The summed E-state index contributed by atoms with van der Waals surface area (Å²) in [6, 6.07) is 36.3. The van der Waals surface area contributed by atoms with Gasteiger partial charge in [0, 0.05) is 55.6 Å². The lowest BCUT2D eigenvalue weighted by Gasteiger charge is -2.34. The Labute approximate surface area is 417 Å². The van der Waals surface area contributed by atoms with E-state index >= 15 is 0 Å². The molecule has 71 heavy (non-hydrogen) atoms. The summed E-state index contributed by atoms with van der Waals surface area (Å²) in [6.07, 6.45) is 0.710. The van der Waals surface area contributed by atoms with Gasteiger partial charge in [-0.25, -0.2) is 8.78 Å². The zero-order valence-electron chi connectivity index (χ0n) is 39.5. The van der Waals surface area contributed by atoms with Crippen LogP contribution in [0.25, 0.3) is 11.1 Å². The van der Waals surface area contributed by atoms with Gasteiger partial charge in [-0.3, -0.25) is 19.2 Å². The summed E-state index contributed by atoms with van der Waals surface area (Å²) < 4.78 is 36.4. The van der Waals surface area contributed by atoms with Gasteiger partial charge in [0.05, 0.1) is 0 Å². The fourth-order valence-electron chi connectivity index (χ4n) is 8.35. The van der Waals surface area contributed by atoms with Crippen LogP contribution < -0.4 is 21.3 Å². The molecule has 7 aromatic rings. The van der Waals surface area contributed by atoms with Gasteiger partial charge in [0.15, 0.2) is 11.4 Å². The minimum atomic E-state index is -1.59. The van der Waals surface area contributed by atoms with Crippen molar-refractivity contribution < 1.29 is 38.3 Å². The molecule has 2 aromatic heterocycles. The van der Waals surface area contributed by atoms with Gasteiger partial charge in [-0.05, 0) is 91.3 Å². The molecule has 0 bridgehead atoms. The van der Waals surface area contributed by atoms with Gasteiger partial charge in [-0.1, -0.05) is 113 Å². The summed E-state index contributed by atoms with van der Waals surface area (Å²) in [4.78, 5) is 63.4. The largest absolute Gasteiger partial charge is 0.501 e. The lowest BCUT2D eigenvalue weighted by molar-refractivity contribution is 0.0627. The Morgan fingerprint density at radius 2 is 1.17 bits per heavy atom. The SMILES string of the molecule is CC(C)N1CCn2c(Cc3ccccc3-c3cccc(F)c3)nc(=O)c(O)c2C1=O.CC(C)N1CCn2c(Cc3ccccc3Br)nc(=O)c(OCc3ccccc3)c2C1=O.OB(O)c1cccc(F)c1. The molecule has 0 fully saturated rings. The molecule has 2 aliphatic rings. The predicted octanol–water partition coefficient (Wildman–Crippen LogP) is 6.76. The monoisotopic (exact) mass is 1030 g/mol. The van der Waals surface area contributed by atoms with Crippen LogP contribution in [0.1, 0.15) is 77.0 Å². The van der Waals surface area contributed by atoms with E-state index in [0.29, 0.717) is 49.8 Å². The Balaban J connectivity index is 0.000000175. The van der Waals surface area contributed by atoms with E-state index in [1.807, 2.05) is 117 Å². The zero-order chi connectivity index (χ0) is 50.9. The number of benzene rings is 5. The number of rotatable bonds is 11. The summed E-state index contributed by atoms with van der Waals surface area (Å²) in [7, 11) is -1.59. The summed E-state index contributed by atoms with van der Waals surface area (Å²) >= 11 is 3.56. The molecule has 0 radical (unpaired) electrons. The van der Waals surface area contributed by atoms with E-state index in [-0.39, 0.29) is 65.3 Å². The van der Waals surface area contributed by atoms with Gasteiger partial charge in [0.25, 0.3) is 11.8 Å². The number of hydrogen-bond acceptors (Lipinski definition) is 10. The van der Waals surface area contributed by atoms with Crippen molar-refractivity contribution in [3.05, 3.63) is 204 Å². The number of amides is 2. The molecule has 2 aliphatic heterocycles. The molecule has 366 valence electrons. The van der Waals surface area contributed by atoms with Crippen molar-refractivity contribution in [2.75, 3.05) is 13.1 Å². The molecule has 14 nitrogen and oxygen atoms in total. The van der Waals surface area contributed by atoms with E-state index in [4.69, 9.17) is 14.8 Å². The predicted molar refractivity (Wildman–Crippen MR) is 270 cm³/mol. The molecule has 18 heteroatoms. The van der Waals surface area contributed by atoms with E-state index < -0.39 is 29.8 Å². The first-order chi connectivity index (χ1) is 34.0. The van der Waals surface area contributed by atoms with Crippen LogP contribution >= 0.6 is 15.9 Å². The molecule has 4 heterocycles. The van der Waals surface area contributed by atoms with E-state index in [2.05, 4.69) is 25.9 Å². The lowest BCUT2D eigenvalue weighted by atomic mass is 9.80. The van der Waals surface area contributed by atoms with Gasteiger partial charge in [-0.15, -0.1) is 0 Å². The minimum Gasteiger partial charge on any atom is -0.501 e. The first-order valence-corrected chi connectivity index (χ1v) is 23.8. The minimum absolute atomic E-state index is 0.0202. The molecule has 0 unspecified atom stereocenters. The van der Waals surface area contributed by atoms with Crippen molar-refractivity contribution in [3.8, 4) is 22.6 Å². The first-order valence-electron chi connectivity index (χ1n) is 23.0. The van der Waals surface area contributed by atoms with Gasteiger partial charge >= 0.3 is 18.2 Å². The van der Waals surface area contributed by atoms with Gasteiger partial charge < -0.3 is 38.8 Å². The van der Waals surface area contributed by atoms with Crippen molar-refractivity contribution in [1.29, 1.82) is 0 Å². The fraction of sp³-hybridized carbons (Fsp3) is 0.245. The number of carbonyl (C=O) groups is 2. The quantitative estimate of drug-likeness (QED) is 0.117. The van der Waals surface area contributed by atoms with Crippen molar-refractivity contribution >= 4 is 40.3 Å². The summed E-state index contributed by atoms with van der Waals surface area (Å²) in [6.45, 7) is 9.94. The smallest absolute Gasteiger partial charge is 0.488 e. The lowest BCUT2D eigenvalue weighted by Crippen LogP contribution is -2.46. The molecule has 0 saturated carbocycles. The topological polar surface area (TPSA) is 180 Å². The van der Waals surface area contributed by atoms with Crippen LogP contribution in [0.4, 0.5) is 8.78 Å². The number of aromatic nitrogens is 4. The second kappa shape index (κ2) is 23.1. The summed E-state index contributed by atoms with van der Waals surface area (Å²) in [5.41, 5.74) is 3.40.